The van der Waals surface area contributed by atoms with Gasteiger partial charge in [0.25, 0.3) is 5.88 Å². The zero-order valence-electron chi connectivity index (χ0n) is 9.77. The first-order chi connectivity index (χ1) is 7.72. The lowest BCUT2D eigenvalue weighted by atomic mass is 10.3. The highest BCUT2D eigenvalue weighted by atomic mass is 16.5. The van der Waals surface area contributed by atoms with E-state index in [9.17, 15) is 0 Å². The number of nitrogens with zero attached hydrogens (tertiary/aromatic N) is 3. The molecule has 0 radical (unpaired) electrons. The van der Waals surface area contributed by atoms with Gasteiger partial charge in [-0.25, -0.2) is 9.97 Å². The monoisotopic (exact) mass is 217 g/mol. The van der Waals surface area contributed by atoms with Gasteiger partial charge in [-0.1, -0.05) is 12.1 Å². The summed E-state index contributed by atoms with van der Waals surface area (Å²) < 4.78 is 5.49. The van der Waals surface area contributed by atoms with E-state index in [2.05, 4.69) is 9.97 Å². The minimum absolute atomic E-state index is 0.589. The number of hydrogen-bond donors (Lipinski definition) is 0. The van der Waals surface area contributed by atoms with Crippen LogP contribution in [-0.2, 0) is 0 Å². The van der Waals surface area contributed by atoms with Gasteiger partial charge in [-0.2, -0.15) is 0 Å². The Hall–Kier alpha value is -1.84. The predicted octanol–water partition coefficient (Wildman–Crippen LogP) is 2.09. The molecule has 84 valence electrons. The molecule has 0 saturated heterocycles. The van der Waals surface area contributed by atoms with Crippen LogP contribution in [0.4, 0.5) is 5.82 Å². The van der Waals surface area contributed by atoms with Crippen LogP contribution < -0.4 is 9.64 Å². The van der Waals surface area contributed by atoms with Gasteiger partial charge in [0.2, 0.25) is 0 Å². The van der Waals surface area contributed by atoms with Crippen LogP contribution in [0, 0.1) is 0 Å². The third-order valence-electron chi connectivity index (χ3n) is 2.23. The molecule has 0 aliphatic heterocycles. The Morgan fingerprint density at radius 3 is 2.31 bits per heavy atom. The Morgan fingerprint density at radius 2 is 1.75 bits per heavy atom. The molecular weight excluding hydrogens is 202 g/mol. The van der Waals surface area contributed by atoms with Crippen LogP contribution >= 0.6 is 0 Å². The minimum Gasteiger partial charge on any atom is -0.475 e. The summed E-state index contributed by atoms with van der Waals surface area (Å²) in [4.78, 5) is 10.9. The lowest BCUT2D eigenvalue weighted by molar-refractivity contribution is 0.327. The van der Waals surface area contributed by atoms with E-state index in [1.165, 1.54) is 0 Å². The van der Waals surface area contributed by atoms with E-state index in [1.807, 2.05) is 50.2 Å². The van der Waals surface area contributed by atoms with Crippen LogP contribution in [0.25, 0.3) is 11.0 Å². The molecule has 0 fully saturated rings. The minimum atomic E-state index is 0.589. The van der Waals surface area contributed by atoms with Gasteiger partial charge in [0, 0.05) is 14.1 Å². The molecular formula is C12H15N3O. The van der Waals surface area contributed by atoms with Crippen molar-refractivity contribution in [2.24, 2.45) is 0 Å². The van der Waals surface area contributed by atoms with E-state index < -0.39 is 0 Å². The molecule has 2 aromatic rings. The molecule has 1 heterocycles. The number of fused-ring (bicyclic) bond motifs is 1. The highest BCUT2D eigenvalue weighted by molar-refractivity contribution is 5.77. The Bertz CT molecular complexity index is 497. The summed E-state index contributed by atoms with van der Waals surface area (Å²) in [6.07, 6.45) is 0. The maximum absolute atomic E-state index is 5.49. The second-order valence-electron chi connectivity index (χ2n) is 3.67. The fourth-order valence-electron chi connectivity index (χ4n) is 1.50. The quantitative estimate of drug-likeness (QED) is 0.789. The fraction of sp³-hybridized carbons (Fsp3) is 0.333. The summed E-state index contributed by atoms with van der Waals surface area (Å²) in [6, 6.07) is 7.79. The van der Waals surface area contributed by atoms with E-state index in [-0.39, 0.29) is 0 Å². The third kappa shape index (κ3) is 1.91. The van der Waals surface area contributed by atoms with Crippen molar-refractivity contribution in [2.75, 3.05) is 25.6 Å². The standard InChI is InChI=1S/C12H15N3O/c1-4-16-12-11(15(2)3)13-9-7-5-6-8-10(9)14-12/h5-8H,4H2,1-3H3. The third-order valence-corrected chi connectivity index (χ3v) is 2.23. The molecule has 2 rings (SSSR count). The smallest absolute Gasteiger partial charge is 0.258 e. The average Bonchev–Trinajstić information content (AvgIpc) is 2.28. The maximum atomic E-state index is 5.49. The molecule has 0 bridgehead atoms. The van der Waals surface area contributed by atoms with Crippen molar-refractivity contribution >= 4 is 16.9 Å². The lowest BCUT2D eigenvalue weighted by Crippen LogP contribution is -2.13. The first-order valence-corrected chi connectivity index (χ1v) is 5.29. The number of para-hydroxylation sites is 2. The van der Waals surface area contributed by atoms with Crippen molar-refractivity contribution in [3.8, 4) is 5.88 Å². The van der Waals surface area contributed by atoms with Crippen LogP contribution in [0.1, 0.15) is 6.92 Å². The molecule has 0 atom stereocenters. The van der Waals surface area contributed by atoms with E-state index in [4.69, 9.17) is 4.74 Å². The molecule has 0 spiro atoms. The van der Waals surface area contributed by atoms with Gasteiger partial charge >= 0.3 is 0 Å². The van der Waals surface area contributed by atoms with Crippen molar-refractivity contribution in [2.45, 2.75) is 6.92 Å². The topological polar surface area (TPSA) is 38.3 Å². The van der Waals surface area contributed by atoms with E-state index >= 15 is 0 Å². The number of aromatic nitrogens is 2. The van der Waals surface area contributed by atoms with Gasteiger partial charge in [0.1, 0.15) is 0 Å². The van der Waals surface area contributed by atoms with Crippen molar-refractivity contribution in [1.82, 2.24) is 9.97 Å². The van der Waals surface area contributed by atoms with Gasteiger partial charge in [0.05, 0.1) is 17.6 Å². The maximum Gasteiger partial charge on any atom is 0.258 e. The number of benzene rings is 1. The van der Waals surface area contributed by atoms with Crippen molar-refractivity contribution in [3.63, 3.8) is 0 Å². The first kappa shape index (κ1) is 10.7. The van der Waals surface area contributed by atoms with Crippen LogP contribution in [0.2, 0.25) is 0 Å². The molecule has 16 heavy (non-hydrogen) atoms. The molecule has 4 heteroatoms. The number of hydrogen-bond acceptors (Lipinski definition) is 4. The van der Waals surface area contributed by atoms with Crippen LogP contribution in [0.3, 0.4) is 0 Å². The average molecular weight is 217 g/mol. The summed E-state index contributed by atoms with van der Waals surface area (Å²) in [5, 5.41) is 0. The normalized spacial score (nSPS) is 10.4. The van der Waals surface area contributed by atoms with Crippen LogP contribution in [0.15, 0.2) is 24.3 Å². The van der Waals surface area contributed by atoms with Gasteiger partial charge in [0.15, 0.2) is 5.82 Å². The first-order valence-electron chi connectivity index (χ1n) is 5.29. The van der Waals surface area contributed by atoms with E-state index in [1.54, 1.807) is 0 Å². The second kappa shape index (κ2) is 4.35. The van der Waals surface area contributed by atoms with Crippen LogP contribution in [0.5, 0.6) is 5.88 Å². The van der Waals surface area contributed by atoms with E-state index in [0.717, 1.165) is 16.9 Å². The Balaban J connectivity index is 2.61. The Labute approximate surface area is 94.9 Å². The van der Waals surface area contributed by atoms with Crippen molar-refractivity contribution < 1.29 is 4.74 Å². The Morgan fingerprint density at radius 1 is 1.12 bits per heavy atom. The molecule has 0 N–H and O–H groups in total. The molecule has 0 unspecified atom stereocenters. The molecule has 1 aromatic heterocycles. The highest BCUT2D eigenvalue weighted by Gasteiger charge is 2.10. The lowest BCUT2D eigenvalue weighted by Gasteiger charge is -2.15. The molecule has 0 saturated carbocycles. The van der Waals surface area contributed by atoms with Gasteiger partial charge < -0.3 is 9.64 Å². The zero-order chi connectivity index (χ0) is 11.5. The largest absolute Gasteiger partial charge is 0.475 e. The van der Waals surface area contributed by atoms with Crippen molar-refractivity contribution in [3.05, 3.63) is 24.3 Å². The highest BCUT2D eigenvalue weighted by Crippen LogP contribution is 2.25. The molecule has 0 aliphatic carbocycles. The number of anilines is 1. The van der Waals surface area contributed by atoms with Gasteiger partial charge in [-0.05, 0) is 19.1 Å². The Kier molecular flexibility index (Phi) is 2.90. The van der Waals surface area contributed by atoms with Crippen LogP contribution in [-0.4, -0.2) is 30.7 Å². The van der Waals surface area contributed by atoms with Gasteiger partial charge in [-0.15, -0.1) is 0 Å². The van der Waals surface area contributed by atoms with Crippen molar-refractivity contribution in [1.29, 1.82) is 0 Å². The summed E-state index contributed by atoms with van der Waals surface area (Å²) in [5.74, 6) is 1.35. The molecule has 0 aliphatic rings. The summed E-state index contributed by atoms with van der Waals surface area (Å²) in [5.41, 5.74) is 1.74. The summed E-state index contributed by atoms with van der Waals surface area (Å²) in [7, 11) is 3.86. The number of ether oxygens (including phenoxy) is 1. The summed E-state index contributed by atoms with van der Waals surface area (Å²) in [6.45, 7) is 2.53. The predicted molar refractivity (Wildman–Crippen MR) is 65.0 cm³/mol. The second-order valence-corrected chi connectivity index (χ2v) is 3.67. The number of rotatable bonds is 3. The summed E-state index contributed by atoms with van der Waals surface area (Å²) >= 11 is 0. The molecule has 4 nitrogen and oxygen atoms in total. The molecule has 1 aromatic carbocycles. The zero-order valence-corrected chi connectivity index (χ0v) is 9.77. The van der Waals surface area contributed by atoms with Gasteiger partial charge in [-0.3, -0.25) is 0 Å². The molecule has 0 amide bonds. The van der Waals surface area contributed by atoms with E-state index in [0.29, 0.717) is 12.5 Å². The fourth-order valence-corrected chi connectivity index (χ4v) is 1.50. The SMILES string of the molecule is CCOc1nc2ccccc2nc1N(C)C.